The molecule has 0 saturated heterocycles. The summed E-state index contributed by atoms with van der Waals surface area (Å²) in [5.74, 6) is -0.357. The fourth-order valence-electron chi connectivity index (χ4n) is 2.47. The highest BCUT2D eigenvalue weighted by atomic mass is 16.7. The number of methoxy groups -OCH3 is 2. The minimum absolute atomic E-state index is 0.0116. The first-order chi connectivity index (χ1) is 5.74. The van der Waals surface area contributed by atoms with Crippen LogP contribution in [0.5, 0.6) is 0 Å². The van der Waals surface area contributed by atoms with Crippen LogP contribution in [0.1, 0.15) is 6.42 Å². The van der Waals surface area contributed by atoms with Crippen molar-refractivity contribution in [3.63, 3.8) is 0 Å². The summed E-state index contributed by atoms with van der Waals surface area (Å²) in [6, 6.07) is 0. The molecule has 0 aromatic carbocycles. The summed E-state index contributed by atoms with van der Waals surface area (Å²) in [6.07, 6.45) is 4.51. The van der Waals surface area contributed by atoms with E-state index in [0.717, 1.165) is 6.42 Å². The second-order valence-electron chi connectivity index (χ2n) is 3.45. The van der Waals surface area contributed by atoms with E-state index in [-0.39, 0.29) is 17.9 Å². The summed E-state index contributed by atoms with van der Waals surface area (Å²) in [5, 5.41) is 9.61. The van der Waals surface area contributed by atoms with Crippen LogP contribution in [0, 0.1) is 11.8 Å². The van der Waals surface area contributed by atoms with Gasteiger partial charge in [0.1, 0.15) is 0 Å². The largest absolute Gasteiger partial charge is 0.392 e. The number of ether oxygens (including phenoxy) is 2. The Kier molecular flexibility index (Phi) is 1.75. The molecule has 0 aromatic rings. The number of fused-ring (bicyclic) bond motifs is 2. The SMILES string of the molecule is COC1(OC)C2C=CC1C(O)C2. The van der Waals surface area contributed by atoms with Crippen molar-refractivity contribution in [3.05, 3.63) is 12.2 Å². The zero-order valence-electron chi connectivity index (χ0n) is 7.36. The summed E-state index contributed by atoms with van der Waals surface area (Å²) in [6.45, 7) is 0. The fourth-order valence-corrected chi connectivity index (χ4v) is 2.47. The highest BCUT2D eigenvalue weighted by Gasteiger charge is 2.57. The third kappa shape index (κ3) is 0.762. The Morgan fingerprint density at radius 2 is 2.00 bits per heavy atom. The third-order valence-electron chi connectivity index (χ3n) is 3.08. The minimum Gasteiger partial charge on any atom is -0.392 e. The number of aliphatic hydroxyl groups is 1. The van der Waals surface area contributed by atoms with Gasteiger partial charge in [0.2, 0.25) is 0 Å². The number of hydrogen-bond donors (Lipinski definition) is 1. The van der Waals surface area contributed by atoms with Crippen LogP contribution in [0.25, 0.3) is 0 Å². The van der Waals surface area contributed by atoms with E-state index in [4.69, 9.17) is 9.47 Å². The van der Waals surface area contributed by atoms with Gasteiger partial charge >= 0.3 is 0 Å². The monoisotopic (exact) mass is 170 g/mol. The lowest BCUT2D eigenvalue weighted by Gasteiger charge is -2.31. The summed E-state index contributed by atoms with van der Waals surface area (Å²) in [5.41, 5.74) is 0. The molecule has 3 atom stereocenters. The third-order valence-corrected chi connectivity index (χ3v) is 3.08. The predicted octanol–water partition coefficient (Wildman–Crippen LogP) is 0.542. The molecular weight excluding hydrogens is 156 g/mol. The standard InChI is InChI=1S/C9H14O3/c1-11-9(12-2)6-3-4-7(9)8(10)5-6/h3-4,6-8,10H,5H2,1-2H3. The van der Waals surface area contributed by atoms with Crippen LogP contribution in [-0.2, 0) is 9.47 Å². The molecule has 1 saturated carbocycles. The Labute approximate surface area is 72.0 Å². The van der Waals surface area contributed by atoms with Gasteiger partial charge in [0, 0.05) is 20.1 Å². The lowest BCUT2D eigenvalue weighted by molar-refractivity contribution is -0.234. The molecular formula is C9H14O3. The number of aliphatic hydroxyl groups excluding tert-OH is 1. The molecule has 1 fully saturated rings. The van der Waals surface area contributed by atoms with E-state index in [0.29, 0.717) is 0 Å². The minimum atomic E-state index is -0.584. The quantitative estimate of drug-likeness (QED) is 0.485. The second-order valence-corrected chi connectivity index (χ2v) is 3.45. The van der Waals surface area contributed by atoms with Crippen molar-refractivity contribution in [3.8, 4) is 0 Å². The predicted molar refractivity (Wildman–Crippen MR) is 43.5 cm³/mol. The van der Waals surface area contributed by atoms with Gasteiger partial charge in [-0.2, -0.15) is 0 Å². The van der Waals surface area contributed by atoms with Crippen molar-refractivity contribution in [2.75, 3.05) is 14.2 Å². The smallest absolute Gasteiger partial charge is 0.182 e. The molecule has 0 spiro atoms. The summed E-state index contributed by atoms with van der Waals surface area (Å²) in [7, 11) is 3.27. The molecule has 68 valence electrons. The van der Waals surface area contributed by atoms with Gasteiger partial charge in [-0.15, -0.1) is 0 Å². The van der Waals surface area contributed by atoms with E-state index < -0.39 is 5.79 Å². The van der Waals surface area contributed by atoms with Crippen molar-refractivity contribution in [2.45, 2.75) is 18.3 Å². The van der Waals surface area contributed by atoms with Crippen LogP contribution in [0.3, 0.4) is 0 Å². The van der Waals surface area contributed by atoms with Crippen LogP contribution in [-0.4, -0.2) is 31.2 Å². The fraction of sp³-hybridized carbons (Fsp3) is 0.778. The van der Waals surface area contributed by atoms with Gasteiger partial charge in [0.15, 0.2) is 5.79 Å². The summed E-state index contributed by atoms with van der Waals surface area (Å²) < 4.78 is 10.7. The molecule has 2 rings (SSSR count). The first-order valence-corrected chi connectivity index (χ1v) is 4.21. The normalized spacial score (nSPS) is 42.4. The van der Waals surface area contributed by atoms with Gasteiger partial charge in [-0.3, -0.25) is 0 Å². The summed E-state index contributed by atoms with van der Waals surface area (Å²) in [4.78, 5) is 0. The molecule has 1 N–H and O–H groups in total. The Hall–Kier alpha value is -0.380. The molecule has 12 heavy (non-hydrogen) atoms. The van der Waals surface area contributed by atoms with Gasteiger partial charge in [0.25, 0.3) is 0 Å². The molecule has 0 aromatic heterocycles. The highest BCUT2D eigenvalue weighted by molar-refractivity contribution is 5.20. The topological polar surface area (TPSA) is 38.7 Å². The first kappa shape index (κ1) is 8.23. The lowest BCUT2D eigenvalue weighted by atomic mass is 10.0. The van der Waals surface area contributed by atoms with Crippen molar-refractivity contribution in [1.29, 1.82) is 0 Å². The second kappa shape index (κ2) is 2.55. The Balaban J connectivity index is 2.30. The highest BCUT2D eigenvalue weighted by Crippen LogP contribution is 2.49. The van der Waals surface area contributed by atoms with E-state index in [1.54, 1.807) is 14.2 Å². The van der Waals surface area contributed by atoms with Crippen molar-refractivity contribution in [1.82, 2.24) is 0 Å². The van der Waals surface area contributed by atoms with Gasteiger partial charge in [0.05, 0.1) is 12.0 Å². The molecule has 3 unspecified atom stereocenters. The molecule has 0 heterocycles. The zero-order valence-corrected chi connectivity index (χ0v) is 7.36. The van der Waals surface area contributed by atoms with Crippen LogP contribution in [0.2, 0.25) is 0 Å². The Bertz CT molecular complexity index is 208. The Morgan fingerprint density at radius 1 is 1.33 bits per heavy atom. The molecule has 3 heteroatoms. The van der Waals surface area contributed by atoms with Gasteiger partial charge in [-0.25, -0.2) is 0 Å². The van der Waals surface area contributed by atoms with Gasteiger partial charge in [-0.05, 0) is 6.42 Å². The maximum atomic E-state index is 9.61. The summed E-state index contributed by atoms with van der Waals surface area (Å²) >= 11 is 0. The van der Waals surface area contributed by atoms with E-state index in [1.165, 1.54) is 0 Å². The number of rotatable bonds is 2. The van der Waals surface area contributed by atoms with E-state index >= 15 is 0 Å². The molecule has 2 aliphatic carbocycles. The zero-order chi connectivity index (χ0) is 8.77. The molecule has 3 nitrogen and oxygen atoms in total. The van der Waals surface area contributed by atoms with E-state index in [2.05, 4.69) is 6.08 Å². The van der Waals surface area contributed by atoms with Crippen LogP contribution in [0.4, 0.5) is 0 Å². The van der Waals surface area contributed by atoms with Crippen LogP contribution >= 0.6 is 0 Å². The molecule has 2 aliphatic rings. The van der Waals surface area contributed by atoms with Crippen molar-refractivity contribution >= 4 is 0 Å². The van der Waals surface area contributed by atoms with E-state index in [1.807, 2.05) is 6.08 Å². The van der Waals surface area contributed by atoms with E-state index in [9.17, 15) is 5.11 Å². The lowest BCUT2D eigenvalue weighted by Crippen LogP contribution is -2.41. The van der Waals surface area contributed by atoms with Gasteiger partial charge in [-0.1, -0.05) is 12.2 Å². The van der Waals surface area contributed by atoms with Crippen LogP contribution in [0.15, 0.2) is 12.2 Å². The molecule has 0 radical (unpaired) electrons. The Morgan fingerprint density at radius 3 is 2.25 bits per heavy atom. The number of hydrogen-bond acceptors (Lipinski definition) is 3. The first-order valence-electron chi connectivity index (χ1n) is 4.21. The maximum absolute atomic E-state index is 9.61. The maximum Gasteiger partial charge on any atom is 0.182 e. The van der Waals surface area contributed by atoms with Crippen molar-refractivity contribution in [2.24, 2.45) is 11.8 Å². The van der Waals surface area contributed by atoms with Crippen LogP contribution < -0.4 is 0 Å². The average molecular weight is 170 g/mol. The molecule has 0 amide bonds. The average Bonchev–Trinajstić information content (AvgIpc) is 2.56. The molecule has 2 bridgehead atoms. The van der Waals surface area contributed by atoms with Gasteiger partial charge < -0.3 is 14.6 Å². The van der Waals surface area contributed by atoms with Crippen molar-refractivity contribution < 1.29 is 14.6 Å². The molecule has 0 aliphatic heterocycles.